The van der Waals surface area contributed by atoms with Gasteiger partial charge in [-0.3, -0.25) is 10.1 Å². The molecule has 0 aromatic heterocycles. The van der Waals surface area contributed by atoms with Gasteiger partial charge in [0.1, 0.15) is 12.4 Å². The molecular weight excluding hydrogens is 368 g/mol. The van der Waals surface area contributed by atoms with Crippen LogP contribution in [0.15, 0.2) is 35.5 Å². The second-order valence-corrected chi connectivity index (χ2v) is 5.81. The number of non-ortho nitro benzene ring substituents is 1. The molecule has 3 rings (SSSR count). The molecule has 0 saturated carbocycles. The van der Waals surface area contributed by atoms with Crippen LogP contribution in [0.1, 0.15) is 23.6 Å². The summed E-state index contributed by atoms with van der Waals surface area (Å²) in [5.41, 5.74) is 1.85. The number of hydrogen-bond acceptors (Lipinski definition) is 8. The minimum atomic E-state index is -0.464. The lowest BCUT2D eigenvalue weighted by molar-refractivity contribution is -0.385. The van der Waals surface area contributed by atoms with Gasteiger partial charge in [-0.15, -0.1) is 0 Å². The largest absolute Gasteiger partial charge is 0.493 e. The SMILES string of the molecule is CCOc1ccc(/C=N/OCc2cc([N+](=O)[O-])cc3c2OCOC3)cc1OC. The van der Waals surface area contributed by atoms with Crippen LogP contribution in [0.2, 0.25) is 0 Å². The Morgan fingerprint density at radius 2 is 2.14 bits per heavy atom. The van der Waals surface area contributed by atoms with Crippen LogP contribution in [0.25, 0.3) is 0 Å². The van der Waals surface area contributed by atoms with Crippen LogP contribution in [-0.2, 0) is 22.8 Å². The standard InChI is InChI=1S/C19H20N2O7/c1-3-26-17-5-4-13(6-18(17)24-2)9-20-28-11-15-8-16(21(22)23)7-14-10-25-12-27-19(14)15/h4-9H,3,10-12H2,1-2H3/b20-9+. The molecule has 1 aliphatic heterocycles. The van der Waals surface area contributed by atoms with E-state index in [-0.39, 0.29) is 25.7 Å². The highest BCUT2D eigenvalue weighted by molar-refractivity contribution is 5.80. The number of benzene rings is 2. The molecular formula is C19H20N2O7. The minimum Gasteiger partial charge on any atom is -0.493 e. The molecule has 0 N–H and O–H groups in total. The molecule has 2 aromatic rings. The predicted octanol–water partition coefficient (Wildman–Crippen LogP) is 3.42. The molecule has 0 fully saturated rings. The third kappa shape index (κ3) is 4.49. The highest BCUT2D eigenvalue weighted by Crippen LogP contribution is 2.33. The molecule has 2 aromatic carbocycles. The van der Waals surface area contributed by atoms with Crippen LogP contribution in [0.3, 0.4) is 0 Å². The lowest BCUT2D eigenvalue weighted by atomic mass is 10.1. The van der Waals surface area contributed by atoms with Gasteiger partial charge in [0.2, 0.25) is 0 Å². The zero-order valence-electron chi connectivity index (χ0n) is 15.5. The number of nitro groups is 1. The summed E-state index contributed by atoms with van der Waals surface area (Å²) in [5, 5.41) is 15.1. The molecule has 9 nitrogen and oxygen atoms in total. The normalized spacial score (nSPS) is 12.9. The van der Waals surface area contributed by atoms with Gasteiger partial charge in [0.05, 0.1) is 31.5 Å². The maximum Gasteiger partial charge on any atom is 0.270 e. The first-order valence-electron chi connectivity index (χ1n) is 8.59. The number of oxime groups is 1. The molecule has 0 unspecified atom stereocenters. The first-order valence-corrected chi connectivity index (χ1v) is 8.59. The molecule has 0 radical (unpaired) electrons. The van der Waals surface area contributed by atoms with Gasteiger partial charge in [-0.1, -0.05) is 5.16 Å². The zero-order chi connectivity index (χ0) is 19.9. The Balaban J connectivity index is 1.71. The van der Waals surface area contributed by atoms with Crippen molar-refractivity contribution in [1.82, 2.24) is 0 Å². The van der Waals surface area contributed by atoms with Crippen LogP contribution in [0.5, 0.6) is 17.2 Å². The Morgan fingerprint density at radius 1 is 1.29 bits per heavy atom. The van der Waals surface area contributed by atoms with Gasteiger partial charge in [-0.05, 0) is 25.1 Å². The summed E-state index contributed by atoms with van der Waals surface area (Å²) in [5.74, 6) is 1.77. The highest BCUT2D eigenvalue weighted by atomic mass is 16.7. The maximum atomic E-state index is 11.1. The molecule has 0 saturated heterocycles. The molecule has 0 amide bonds. The summed E-state index contributed by atoms with van der Waals surface area (Å²) < 4.78 is 21.4. The number of nitrogens with zero attached hydrogens (tertiary/aromatic N) is 2. The van der Waals surface area contributed by atoms with Gasteiger partial charge < -0.3 is 23.8 Å². The lowest BCUT2D eigenvalue weighted by Crippen LogP contribution is -2.14. The van der Waals surface area contributed by atoms with E-state index in [1.165, 1.54) is 18.3 Å². The van der Waals surface area contributed by atoms with Crippen molar-refractivity contribution in [2.45, 2.75) is 20.1 Å². The van der Waals surface area contributed by atoms with Crippen molar-refractivity contribution in [2.24, 2.45) is 5.16 Å². The van der Waals surface area contributed by atoms with E-state index in [4.69, 9.17) is 23.8 Å². The van der Waals surface area contributed by atoms with E-state index in [0.717, 1.165) is 5.56 Å². The van der Waals surface area contributed by atoms with E-state index in [9.17, 15) is 10.1 Å². The summed E-state index contributed by atoms with van der Waals surface area (Å²) in [6.07, 6.45) is 1.52. The molecule has 1 aliphatic rings. The van der Waals surface area contributed by atoms with E-state index in [1.54, 1.807) is 19.2 Å². The van der Waals surface area contributed by atoms with Crippen molar-refractivity contribution in [3.8, 4) is 17.2 Å². The van der Waals surface area contributed by atoms with Crippen molar-refractivity contribution in [3.63, 3.8) is 0 Å². The first kappa shape index (κ1) is 19.4. The van der Waals surface area contributed by atoms with E-state index in [0.29, 0.717) is 35.0 Å². The molecule has 0 bridgehead atoms. The second kappa shape index (κ2) is 9.05. The quantitative estimate of drug-likeness (QED) is 0.388. The fourth-order valence-electron chi connectivity index (χ4n) is 2.74. The number of methoxy groups -OCH3 is 1. The molecule has 9 heteroatoms. The average molecular weight is 388 g/mol. The summed E-state index contributed by atoms with van der Waals surface area (Å²) in [6, 6.07) is 8.23. The summed E-state index contributed by atoms with van der Waals surface area (Å²) >= 11 is 0. The van der Waals surface area contributed by atoms with Crippen LogP contribution in [0.4, 0.5) is 5.69 Å². The Morgan fingerprint density at radius 3 is 2.89 bits per heavy atom. The monoisotopic (exact) mass is 388 g/mol. The molecule has 0 atom stereocenters. The van der Waals surface area contributed by atoms with E-state index in [1.807, 2.05) is 13.0 Å². The third-order valence-corrected chi connectivity index (χ3v) is 3.97. The molecule has 0 spiro atoms. The third-order valence-electron chi connectivity index (χ3n) is 3.97. The fourth-order valence-corrected chi connectivity index (χ4v) is 2.74. The van der Waals surface area contributed by atoms with Gasteiger partial charge in [0.25, 0.3) is 5.69 Å². The van der Waals surface area contributed by atoms with Gasteiger partial charge in [-0.2, -0.15) is 0 Å². The zero-order valence-corrected chi connectivity index (χ0v) is 15.5. The topological polar surface area (TPSA) is 102 Å². The number of nitro benzene ring substituents is 1. The summed E-state index contributed by atoms with van der Waals surface area (Å²) in [6.45, 7) is 2.79. The predicted molar refractivity (Wildman–Crippen MR) is 99.9 cm³/mol. The van der Waals surface area contributed by atoms with Crippen molar-refractivity contribution >= 4 is 11.9 Å². The van der Waals surface area contributed by atoms with Gasteiger partial charge in [0.15, 0.2) is 18.3 Å². The molecule has 1 heterocycles. The Hall–Kier alpha value is -3.33. The Labute approximate surface area is 161 Å². The maximum absolute atomic E-state index is 11.1. The van der Waals surface area contributed by atoms with Gasteiger partial charge in [0, 0.05) is 28.8 Å². The van der Waals surface area contributed by atoms with Gasteiger partial charge >= 0.3 is 0 Å². The van der Waals surface area contributed by atoms with Crippen molar-refractivity contribution in [1.29, 1.82) is 0 Å². The first-order chi connectivity index (χ1) is 13.6. The van der Waals surface area contributed by atoms with Crippen molar-refractivity contribution < 1.29 is 28.7 Å². The molecule has 0 aliphatic carbocycles. The van der Waals surface area contributed by atoms with Crippen molar-refractivity contribution in [3.05, 3.63) is 57.1 Å². The van der Waals surface area contributed by atoms with E-state index in [2.05, 4.69) is 5.16 Å². The smallest absolute Gasteiger partial charge is 0.270 e. The van der Waals surface area contributed by atoms with Crippen molar-refractivity contribution in [2.75, 3.05) is 20.5 Å². The number of fused-ring (bicyclic) bond motifs is 1. The Kier molecular flexibility index (Phi) is 6.28. The van der Waals surface area contributed by atoms with Crippen LogP contribution in [0, 0.1) is 10.1 Å². The summed E-state index contributed by atoms with van der Waals surface area (Å²) in [4.78, 5) is 16.0. The van der Waals surface area contributed by atoms with Gasteiger partial charge in [-0.25, -0.2) is 0 Å². The second-order valence-electron chi connectivity index (χ2n) is 5.81. The average Bonchev–Trinajstić information content (AvgIpc) is 2.71. The summed E-state index contributed by atoms with van der Waals surface area (Å²) in [7, 11) is 1.56. The van der Waals surface area contributed by atoms with E-state index < -0.39 is 4.92 Å². The Bertz CT molecular complexity index is 883. The van der Waals surface area contributed by atoms with Crippen LogP contribution >= 0.6 is 0 Å². The highest BCUT2D eigenvalue weighted by Gasteiger charge is 2.21. The fraction of sp³-hybridized carbons (Fsp3) is 0.316. The lowest BCUT2D eigenvalue weighted by Gasteiger charge is -2.20. The number of rotatable bonds is 8. The van der Waals surface area contributed by atoms with Crippen LogP contribution in [-0.4, -0.2) is 31.6 Å². The van der Waals surface area contributed by atoms with Crippen LogP contribution < -0.4 is 14.2 Å². The minimum absolute atomic E-state index is 0.0225. The number of hydrogen-bond donors (Lipinski definition) is 0. The number of ether oxygens (including phenoxy) is 4. The molecule has 148 valence electrons. The molecule has 28 heavy (non-hydrogen) atoms. The van der Waals surface area contributed by atoms with E-state index >= 15 is 0 Å².